The highest BCUT2D eigenvalue weighted by atomic mass is 16.5. The monoisotopic (exact) mass is 191 g/mol. The first-order valence-corrected chi connectivity index (χ1v) is 5.39. The number of hydrogen-bond donors (Lipinski definition) is 0. The normalized spacial score (nSPS) is 9.93. The molecule has 0 bridgehead atoms. The van der Waals surface area contributed by atoms with E-state index in [1.165, 1.54) is 5.46 Å². The third-order valence-corrected chi connectivity index (χ3v) is 2.50. The summed E-state index contributed by atoms with van der Waals surface area (Å²) in [4.78, 5) is 4.20. The molecule has 0 aromatic carbocycles. The van der Waals surface area contributed by atoms with Gasteiger partial charge in [-0.05, 0) is 13.0 Å². The van der Waals surface area contributed by atoms with Crippen LogP contribution in [0, 0.1) is 0 Å². The summed E-state index contributed by atoms with van der Waals surface area (Å²) in [5.74, 6) is 0.886. The van der Waals surface area contributed by atoms with Gasteiger partial charge in [0.25, 0.3) is 0 Å². The fourth-order valence-corrected chi connectivity index (χ4v) is 1.66. The van der Waals surface area contributed by atoms with Gasteiger partial charge in [0.05, 0.1) is 12.8 Å². The van der Waals surface area contributed by atoms with Crippen molar-refractivity contribution in [3.05, 3.63) is 18.5 Å². The number of ether oxygens (including phenoxy) is 1. The van der Waals surface area contributed by atoms with Gasteiger partial charge in [-0.1, -0.05) is 32.0 Å². The Bertz CT molecular complexity index is 274. The lowest BCUT2D eigenvalue weighted by molar-refractivity contribution is 0.339. The molecule has 0 aliphatic carbocycles. The molecular weight excluding hydrogens is 173 g/mol. The first-order chi connectivity index (χ1) is 6.81. The van der Waals surface area contributed by atoms with Gasteiger partial charge in [-0.15, -0.1) is 0 Å². The average Bonchev–Trinajstić information content (AvgIpc) is 2.21. The molecule has 1 heterocycles. The van der Waals surface area contributed by atoms with E-state index >= 15 is 0 Å². The highest BCUT2D eigenvalue weighted by Crippen LogP contribution is 2.07. The minimum absolute atomic E-state index is 0.614. The summed E-state index contributed by atoms with van der Waals surface area (Å²) in [7, 11) is 0. The Morgan fingerprint density at radius 3 is 2.50 bits per heavy atom. The van der Waals surface area contributed by atoms with Gasteiger partial charge in [-0.25, -0.2) is 0 Å². The second-order valence-corrected chi connectivity index (χ2v) is 3.40. The molecular formula is C11H18BNO. The minimum atomic E-state index is 0.614. The summed E-state index contributed by atoms with van der Waals surface area (Å²) in [6, 6.07) is 2.11. The molecule has 14 heavy (non-hydrogen) atoms. The molecule has 3 heteroatoms. The Morgan fingerprint density at radius 2 is 1.93 bits per heavy atom. The van der Waals surface area contributed by atoms with Gasteiger partial charge in [0.2, 0.25) is 0 Å². The van der Waals surface area contributed by atoms with Gasteiger partial charge in [0.15, 0.2) is 6.71 Å². The Balaban J connectivity index is 2.81. The van der Waals surface area contributed by atoms with E-state index in [1.807, 2.05) is 13.1 Å². The summed E-state index contributed by atoms with van der Waals surface area (Å²) in [6.07, 6.45) is 6.04. The summed E-state index contributed by atoms with van der Waals surface area (Å²) in [5.41, 5.74) is 1.29. The van der Waals surface area contributed by atoms with Gasteiger partial charge >= 0.3 is 0 Å². The van der Waals surface area contributed by atoms with Crippen LogP contribution >= 0.6 is 0 Å². The number of rotatable bonds is 5. The van der Waals surface area contributed by atoms with Crippen molar-refractivity contribution in [2.24, 2.45) is 0 Å². The van der Waals surface area contributed by atoms with Gasteiger partial charge in [-0.3, -0.25) is 4.98 Å². The van der Waals surface area contributed by atoms with Crippen LogP contribution in [0.3, 0.4) is 0 Å². The fraction of sp³-hybridized carbons (Fsp3) is 0.545. The van der Waals surface area contributed by atoms with E-state index in [0.717, 1.165) is 18.4 Å². The number of hydrogen-bond acceptors (Lipinski definition) is 2. The van der Waals surface area contributed by atoms with Crippen LogP contribution in [-0.4, -0.2) is 18.3 Å². The molecule has 76 valence electrons. The predicted octanol–water partition coefficient (Wildman–Crippen LogP) is 2.22. The highest BCUT2D eigenvalue weighted by Gasteiger charge is 2.12. The van der Waals surface area contributed by atoms with Crippen LogP contribution in [0.2, 0.25) is 12.6 Å². The van der Waals surface area contributed by atoms with Crippen molar-refractivity contribution in [1.29, 1.82) is 0 Å². The van der Waals surface area contributed by atoms with Gasteiger partial charge in [0, 0.05) is 6.20 Å². The first kappa shape index (κ1) is 11.1. The molecule has 0 radical (unpaired) electrons. The second-order valence-electron chi connectivity index (χ2n) is 3.40. The molecule has 0 saturated carbocycles. The summed E-state index contributed by atoms with van der Waals surface area (Å²) < 4.78 is 5.42. The van der Waals surface area contributed by atoms with Gasteiger partial charge in [-0.2, -0.15) is 0 Å². The molecule has 1 aromatic heterocycles. The molecule has 0 fully saturated rings. The molecule has 0 aliphatic heterocycles. The van der Waals surface area contributed by atoms with E-state index in [2.05, 4.69) is 24.9 Å². The molecule has 0 aliphatic rings. The van der Waals surface area contributed by atoms with E-state index in [9.17, 15) is 0 Å². The fourth-order valence-electron chi connectivity index (χ4n) is 1.66. The molecule has 0 spiro atoms. The lowest BCUT2D eigenvalue weighted by Crippen LogP contribution is -2.28. The van der Waals surface area contributed by atoms with Crippen LogP contribution < -0.4 is 10.2 Å². The molecule has 0 atom stereocenters. The van der Waals surface area contributed by atoms with Crippen molar-refractivity contribution < 1.29 is 4.74 Å². The quantitative estimate of drug-likeness (QED) is 0.665. The van der Waals surface area contributed by atoms with Gasteiger partial charge < -0.3 is 4.74 Å². The molecule has 0 amide bonds. The molecule has 0 N–H and O–H groups in total. The van der Waals surface area contributed by atoms with Crippen LogP contribution in [0.4, 0.5) is 0 Å². The predicted molar refractivity (Wildman–Crippen MR) is 61.8 cm³/mol. The zero-order valence-corrected chi connectivity index (χ0v) is 9.29. The first-order valence-electron chi connectivity index (χ1n) is 5.39. The molecule has 1 aromatic rings. The minimum Gasteiger partial charge on any atom is -0.492 e. The van der Waals surface area contributed by atoms with E-state index < -0.39 is 0 Å². The standard InChI is InChI=1S/C11H18BNO/c1-4-12(5-2)10-7-11(14-6-3)9-13-8-10/h7-9H,4-6H2,1-3H3. The van der Waals surface area contributed by atoms with Crippen molar-refractivity contribution >= 4 is 12.2 Å². The van der Waals surface area contributed by atoms with Gasteiger partial charge in [0.1, 0.15) is 5.75 Å². The van der Waals surface area contributed by atoms with Crippen molar-refractivity contribution in [1.82, 2.24) is 4.98 Å². The number of aromatic nitrogens is 1. The Morgan fingerprint density at radius 1 is 1.21 bits per heavy atom. The Hall–Kier alpha value is -0.985. The Kier molecular flexibility index (Phi) is 4.50. The van der Waals surface area contributed by atoms with E-state index in [1.54, 1.807) is 6.20 Å². The smallest absolute Gasteiger partial charge is 0.177 e. The van der Waals surface area contributed by atoms with E-state index in [-0.39, 0.29) is 0 Å². The van der Waals surface area contributed by atoms with Crippen molar-refractivity contribution in [3.8, 4) is 5.75 Å². The van der Waals surface area contributed by atoms with E-state index in [0.29, 0.717) is 13.3 Å². The third-order valence-electron chi connectivity index (χ3n) is 2.50. The van der Waals surface area contributed by atoms with Crippen molar-refractivity contribution in [2.45, 2.75) is 33.4 Å². The molecule has 2 nitrogen and oxygen atoms in total. The molecule has 0 saturated heterocycles. The topological polar surface area (TPSA) is 22.1 Å². The maximum atomic E-state index is 5.42. The number of pyridine rings is 1. The zero-order valence-electron chi connectivity index (χ0n) is 9.29. The lowest BCUT2D eigenvalue weighted by Gasteiger charge is -2.10. The van der Waals surface area contributed by atoms with Crippen molar-refractivity contribution in [2.75, 3.05) is 6.61 Å². The average molecular weight is 191 g/mol. The highest BCUT2D eigenvalue weighted by molar-refractivity contribution is 6.73. The van der Waals surface area contributed by atoms with Crippen LogP contribution in [0.25, 0.3) is 0 Å². The Labute approximate surface area is 86.8 Å². The van der Waals surface area contributed by atoms with Crippen LogP contribution in [0.5, 0.6) is 5.75 Å². The summed E-state index contributed by atoms with van der Waals surface area (Å²) in [5, 5.41) is 0. The zero-order chi connectivity index (χ0) is 10.4. The molecule has 1 rings (SSSR count). The van der Waals surface area contributed by atoms with Crippen LogP contribution in [-0.2, 0) is 0 Å². The summed E-state index contributed by atoms with van der Waals surface area (Å²) in [6.45, 7) is 7.73. The summed E-state index contributed by atoms with van der Waals surface area (Å²) >= 11 is 0. The SMILES string of the molecule is CCOc1cncc(B(CC)CC)c1. The second kappa shape index (κ2) is 5.68. The van der Waals surface area contributed by atoms with Crippen LogP contribution in [0.1, 0.15) is 20.8 Å². The largest absolute Gasteiger partial charge is 0.492 e. The maximum absolute atomic E-state index is 5.42. The van der Waals surface area contributed by atoms with Crippen LogP contribution in [0.15, 0.2) is 18.5 Å². The third kappa shape index (κ3) is 2.76. The van der Waals surface area contributed by atoms with E-state index in [4.69, 9.17) is 4.74 Å². The number of nitrogens with zero attached hydrogens (tertiary/aromatic N) is 1. The maximum Gasteiger partial charge on any atom is 0.177 e. The van der Waals surface area contributed by atoms with Crippen molar-refractivity contribution in [3.63, 3.8) is 0 Å². The lowest BCUT2D eigenvalue weighted by atomic mass is 9.42. The molecule has 0 unspecified atom stereocenters.